The normalized spacial score (nSPS) is 14.0. The molecule has 0 unspecified atom stereocenters. The van der Waals surface area contributed by atoms with Crippen LogP contribution >= 0.6 is 22.6 Å². The number of hydrogen-bond acceptors (Lipinski definition) is 12. The molecule has 0 atom stereocenters. The number of carbonyl (C=O) groups excluding carboxylic acids is 4. The first kappa shape index (κ1) is 88.7. The molecule has 16 rings (SSSR count). The van der Waals surface area contributed by atoms with E-state index in [2.05, 4.69) is 68.8 Å². The summed E-state index contributed by atoms with van der Waals surface area (Å²) in [7, 11) is 0. The lowest BCUT2D eigenvalue weighted by atomic mass is 10.0. The van der Waals surface area contributed by atoms with Crippen molar-refractivity contribution in [1.82, 2.24) is 39.9 Å². The van der Waals surface area contributed by atoms with Crippen LogP contribution < -0.4 is 21.3 Å². The van der Waals surface area contributed by atoms with E-state index in [1.54, 1.807) is 67.1 Å². The third-order valence-electron chi connectivity index (χ3n) is 22.1. The SMILES string of the molecule is O=C(Cc1c(F)c(F)c(F)c(F)c1F)Nc1ncc(-c2ccc(F)cc2)nc1CC1CCCC1.O=C(Cc1ccc(F)c(F)c1)Nc1ncc(-c2ccc(F)cc2)nc1CC1CCCC1.O=C(Cc1ccc(I)cc1)Nc1ncc(-c2ccc(F)cc2)nc1CC1CCCC1.O=C(Nc1ncc(-c2ccc(F)cc2)nc1CC1CCCC1)c1ccccc1. The van der Waals surface area contributed by atoms with Gasteiger partial charge in [0, 0.05) is 37.0 Å². The summed E-state index contributed by atoms with van der Waals surface area (Å²) in [5.74, 6) is -12.3. The van der Waals surface area contributed by atoms with Crippen LogP contribution in [0.25, 0.3) is 45.0 Å². The van der Waals surface area contributed by atoms with Gasteiger partial charge in [0.25, 0.3) is 5.91 Å². The second-order valence-electron chi connectivity index (χ2n) is 31.1. The molecule has 4 aliphatic rings. The summed E-state index contributed by atoms with van der Waals surface area (Å²) in [6.07, 6.45) is 26.2. The fourth-order valence-electron chi connectivity index (χ4n) is 15.6. The van der Waals surface area contributed by atoms with Crippen molar-refractivity contribution in [3.05, 3.63) is 307 Å². The molecule has 28 heteroatoms. The van der Waals surface area contributed by atoms with Crippen LogP contribution in [0, 0.1) is 91.2 Å². The number of hydrogen-bond donors (Lipinski definition) is 4. The van der Waals surface area contributed by atoms with Gasteiger partial charge in [-0.05, 0) is 217 Å². The van der Waals surface area contributed by atoms with Gasteiger partial charge in [0.2, 0.25) is 23.5 Å². The highest BCUT2D eigenvalue weighted by Crippen LogP contribution is 2.36. The molecule has 4 amide bonds. The summed E-state index contributed by atoms with van der Waals surface area (Å²) in [5, 5.41) is 11.0. The van der Waals surface area contributed by atoms with Gasteiger partial charge < -0.3 is 21.3 Å². The summed E-state index contributed by atoms with van der Waals surface area (Å²) < 4.78 is 149. The number of benzene rings is 8. The van der Waals surface area contributed by atoms with E-state index in [-0.39, 0.29) is 47.4 Å². The number of amides is 4. The number of nitrogens with zero attached hydrogens (tertiary/aromatic N) is 8. The van der Waals surface area contributed by atoms with E-state index in [0.29, 0.717) is 111 Å². The molecule has 16 nitrogen and oxygen atoms in total. The van der Waals surface area contributed by atoms with Crippen molar-refractivity contribution in [2.75, 3.05) is 21.3 Å². The van der Waals surface area contributed by atoms with Crippen LogP contribution in [0.4, 0.5) is 71.6 Å². The molecule has 0 spiro atoms. The van der Waals surface area contributed by atoms with Crippen molar-refractivity contribution in [1.29, 1.82) is 0 Å². The van der Waals surface area contributed by atoms with E-state index in [4.69, 9.17) is 15.0 Å². The topological polar surface area (TPSA) is 220 Å². The van der Waals surface area contributed by atoms with E-state index < -0.39 is 64.4 Å². The molecule has 4 saturated carbocycles. The molecule has 0 radical (unpaired) electrons. The van der Waals surface area contributed by atoms with Crippen LogP contribution in [-0.2, 0) is 59.3 Å². The molecule has 0 aliphatic heterocycles. The second kappa shape index (κ2) is 42.6. The van der Waals surface area contributed by atoms with Crippen LogP contribution in [-0.4, -0.2) is 63.5 Å². The predicted octanol–water partition coefficient (Wildman–Crippen LogP) is 22.4. The molecule has 4 N–H and O–H groups in total. The molecular formula is C95H86F11IN12O4. The minimum Gasteiger partial charge on any atom is -0.309 e. The first-order valence-corrected chi connectivity index (χ1v) is 42.0. The van der Waals surface area contributed by atoms with E-state index in [9.17, 15) is 67.5 Å². The Balaban J connectivity index is 0.000000141. The van der Waals surface area contributed by atoms with Gasteiger partial charge in [0.1, 0.15) is 23.3 Å². The maximum atomic E-state index is 14.0. The summed E-state index contributed by atoms with van der Waals surface area (Å²) in [5.41, 5.74) is 8.73. The Hall–Kier alpha value is -12.1. The zero-order chi connectivity index (χ0) is 86.5. The van der Waals surface area contributed by atoms with Gasteiger partial charge in [0.05, 0.1) is 89.6 Å². The molecule has 4 aliphatic carbocycles. The minimum atomic E-state index is -2.29. The number of anilines is 4. The van der Waals surface area contributed by atoms with Crippen LogP contribution in [0.3, 0.4) is 0 Å². The fraction of sp³-hybridized carbons (Fsp3) is 0.284. The molecule has 4 fully saturated rings. The molecule has 0 saturated heterocycles. The molecule has 12 aromatic rings. The standard InChI is InChI=1S/C24H19F6N3O.C24H22F3N3O.C24H23FIN3O.C23H22FN3O/c25-14-7-5-13(6-8-14)17-11-31-24(16(32-17)9-12-3-1-2-4-12)33-18(34)10-15-19(26)21(28)23(30)22(29)20(15)27;25-18-8-6-17(7-9-18)22-14-28-24(21(29-22)12-15-3-1-2-4-15)30-23(31)13-16-5-10-19(26)20(27)11-16;25-19-9-7-18(8-10-19)22-15-27-24(21(28-22)13-16-3-1-2-4-16)29-23(30)14-17-5-11-20(26)12-6-17;24-19-12-10-17(11-13-19)21-15-25-22(20(26-21)14-16-6-4-5-7-16)27-23(28)18-8-2-1-3-9-18/h5-8,11-12H,1-4,9-10H2,(H,31,33,34);5-11,14-15H,1-4,12-13H2,(H,28,30,31);5-12,15-16H,1-4,13-14H2,(H,27,29,30);1-3,8-13,15-16H,4-7,14H2,(H,25,27,28). The second-order valence-corrected chi connectivity index (χ2v) is 32.3. The number of nitrogens with one attached hydrogen (secondary N) is 4. The van der Waals surface area contributed by atoms with Crippen LogP contribution in [0.1, 0.15) is 153 Å². The third kappa shape index (κ3) is 24.9. The van der Waals surface area contributed by atoms with Gasteiger partial charge in [0.15, 0.2) is 58.2 Å². The average molecular weight is 1800 g/mol. The van der Waals surface area contributed by atoms with Crippen molar-refractivity contribution in [3.8, 4) is 45.0 Å². The lowest BCUT2D eigenvalue weighted by Crippen LogP contribution is -2.20. The molecule has 0 bridgehead atoms. The fourth-order valence-corrected chi connectivity index (χ4v) is 15.9. The Labute approximate surface area is 717 Å². The van der Waals surface area contributed by atoms with Crippen LogP contribution in [0.15, 0.2) is 195 Å². The highest BCUT2D eigenvalue weighted by molar-refractivity contribution is 14.1. The molecule has 4 aromatic heterocycles. The van der Waals surface area contributed by atoms with Crippen LogP contribution in [0.5, 0.6) is 0 Å². The average Bonchev–Trinajstić information content (AvgIpc) is 1.77. The molecule has 8 aromatic carbocycles. The van der Waals surface area contributed by atoms with Crippen molar-refractivity contribution >= 4 is 69.5 Å². The summed E-state index contributed by atoms with van der Waals surface area (Å²) in [6.45, 7) is 0. The summed E-state index contributed by atoms with van der Waals surface area (Å²) >= 11 is 2.25. The van der Waals surface area contributed by atoms with Gasteiger partial charge in [-0.3, -0.25) is 19.2 Å². The van der Waals surface area contributed by atoms with E-state index in [1.807, 2.05) is 42.5 Å². The smallest absolute Gasteiger partial charge is 0.256 e. The van der Waals surface area contributed by atoms with Gasteiger partial charge in [-0.15, -0.1) is 0 Å². The van der Waals surface area contributed by atoms with Crippen molar-refractivity contribution in [2.45, 2.75) is 148 Å². The number of halogens is 12. The highest BCUT2D eigenvalue weighted by Gasteiger charge is 2.30. The predicted molar refractivity (Wildman–Crippen MR) is 455 cm³/mol. The Morgan fingerprint density at radius 1 is 0.317 bits per heavy atom. The minimum absolute atomic E-state index is 0.0339. The zero-order valence-electron chi connectivity index (χ0n) is 66.8. The molecule has 123 heavy (non-hydrogen) atoms. The summed E-state index contributed by atoms with van der Waals surface area (Å²) in [4.78, 5) is 86.7. The zero-order valence-corrected chi connectivity index (χ0v) is 69.0. The molecule has 4 heterocycles. The van der Waals surface area contributed by atoms with Crippen molar-refractivity contribution < 1.29 is 67.5 Å². The number of aromatic nitrogens is 8. The summed E-state index contributed by atoms with van der Waals surface area (Å²) in [6, 6.07) is 44.5. The first-order chi connectivity index (χ1) is 59.5. The van der Waals surface area contributed by atoms with Gasteiger partial charge in [-0.2, -0.15) is 0 Å². The molecular weight excluding hydrogens is 1710 g/mol. The van der Waals surface area contributed by atoms with Crippen LogP contribution in [0.2, 0.25) is 0 Å². The Bertz CT molecular complexity index is 5640. The number of carbonyl (C=O) groups is 4. The Morgan fingerprint density at radius 2 is 0.610 bits per heavy atom. The van der Waals surface area contributed by atoms with E-state index >= 15 is 0 Å². The van der Waals surface area contributed by atoms with Crippen molar-refractivity contribution in [3.63, 3.8) is 0 Å². The van der Waals surface area contributed by atoms with Gasteiger partial charge in [-0.25, -0.2) is 88.2 Å². The largest absolute Gasteiger partial charge is 0.309 e. The lowest BCUT2D eigenvalue weighted by Gasteiger charge is -2.15. The highest BCUT2D eigenvalue weighted by atomic mass is 127. The van der Waals surface area contributed by atoms with Crippen molar-refractivity contribution in [2.24, 2.45) is 23.7 Å². The maximum Gasteiger partial charge on any atom is 0.256 e. The van der Waals surface area contributed by atoms with E-state index in [1.165, 1.54) is 137 Å². The maximum absolute atomic E-state index is 14.0. The third-order valence-corrected chi connectivity index (χ3v) is 22.8. The van der Waals surface area contributed by atoms with Gasteiger partial charge >= 0.3 is 0 Å². The monoisotopic (exact) mass is 1790 g/mol. The Kier molecular flexibility index (Phi) is 30.7. The van der Waals surface area contributed by atoms with E-state index in [0.717, 1.165) is 101 Å². The first-order valence-electron chi connectivity index (χ1n) is 40.9. The van der Waals surface area contributed by atoms with Gasteiger partial charge in [-0.1, -0.05) is 139 Å². The quantitative estimate of drug-likeness (QED) is 0.0203. The molecule has 634 valence electrons. The Morgan fingerprint density at radius 3 is 0.935 bits per heavy atom. The number of rotatable bonds is 23. The lowest BCUT2D eigenvalue weighted by molar-refractivity contribution is -0.116.